The van der Waals surface area contributed by atoms with Gasteiger partial charge in [0.05, 0.1) is 0 Å². The summed E-state index contributed by atoms with van der Waals surface area (Å²) in [6, 6.07) is 14.4. The summed E-state index contributed by atoms with van der Waals surface area (Å²) in [7, 11) is 3.28. The smallest absolute Gasteiger partial charge is 0.411 e. The lowest BCUT2D eigenvalue weighted by atomic mass is 10.2. The molecular weight excluding hydrogens is 434 g/mol. The minimum absolute atomic E-state index is 0.290. The molecule has 0 radical (unpaired) electrons. The van der Waals surface area contributed by atoms with E-state index in [2.05, 4.69) is 0 Å². The van der Waals surface area contributed by atoms with Gasteiger partial charge in [-0.15, -0.1) is 0 Å². The number of nitrogens with zero attached hydrogens (tertiary/aromatic N) is 3. The molecule has 4 N–H and O–H groups in total. The fraction of sp³-hybridized carbons (Fsp3) is 0.400. The summed E-state index contributed by atoms with van der Waals surface area (Å²) in [5.74, 6) is -0.645. The van der Waals surface area contributed by atoms with Crippen LogP contribution in [0.3, 0.4) is 0 Å². The van der Waals surface area contributed by atoms with Gasteiger partial charge in [0, 0.05) is 38.6 Å². The fourth-order valence-corrected chi connectivity index (χ4v) is 3.05. The number of anilines is 2. The molecule has 0 unspecified atom stereocenters. The molecule has 0 spiro atoms. The molecule has 0 fully saturated rings. The molecule has 0 atom stereocenters. The first-order valence-electron chi connectivity index (χ1n) is 11.0. The van der Waals surface area contributed by atoms with Crippen molar-refractivity contribution in [1.82, 2.24) is 14.7 Å². The zero-order valence-corrected chi connectivity index (χ0v) is 20.6. The van der Waals surface area contributed by atoms with Gasteiger partial charge in [0.1, 0.15) is 18.7 Å². The fourth-order valence-electron chi connectivity index (χ4n) is 3.05. The van der Waals surface area contributed by atoms with Crippen molar-refractivity contribution in [2.45, 2.75) is 39.5 Å². The third kappa shape index (κ3) is 8.65. The van der Waals surface area contributed by atoms with Crippen LogP contribution in [0, 0.1) is 0 Å². The number of nitrogen functional groups attached to an aromatic ring is 2. The van der Waals surface area contributed by atoms with Gasteiger partial charge >= 0.3 is 6.09 Å². The molecule has 0 heterocycles. The predicted molar refractivity (Wildman–Crippen MR) is 132 cm³/mol. The van der Waals surface area contributed by atoms with Gasteiger partial charge in [-0.25, -0.2) is 4.79 Å². The lowest BCUT2D eigenvalue weighted by Gasteiger charge is -2.29. The lowest BCUT2D eigenvalue weighted by molar-refractivity contribution is -0.135. The average molecular weight is 470 g/mol. The van der Waals surface area contributed by atoms with Crippen molar-refractivity contribution in [1.29, 1.82) is 0 Å². The number of benzene rings is 2. The number of amides is 3. The molecule has 0 saturated heterocycles. The van der Waals surface area contributed by atoms with Crippen LogP contribution >= 0.6 is 0 Å². The Labute approximate surface area is 201 Å². The molecule has 2 aromatic carbocycles. The number of rotatable bonds is 8. The van der Waals surface area contributed by atoms with E-state index in [1.807, 2.05) is 24.3 Å². The second kappa shape index (κ2) is 11.4. The molecule has 2 aromatic rings. The van der Waals surface area contributed by atoms with E-state index < -0.39 is 11.7 Å². The third-order valence-corrected chi connectivity index (χ3v) is 4.95. The summed E-state index contributed by atoms with van der Waals surface area (Å²) in [6.45, 7) is 5.29. The summed E-state index contributed by atoms with van der Waals surface area (Å²) in [5, 5.41) is 0. The summed E-state index contributed by atoms with van der Waals surface area (Å²) in [5.41, 5.74) is 13.7. The highest BCUT2D eigenvalue weighted by Gasteiger charge is 2.28. The molecule has 0 aliphatic rings. The highest BCUT2D eigenvalue weighted by Crippen LogP contribution is 2.13. The molecule has 184 valence electrons. The summed E-state index contributed by atoms with van der Waals surface area (Å²) < 4.78 is 5.44. The molecular formula is C25H35N5O4. The Kier molecular flexibility index (Phi) is 8.89. The predicted octanol–water partition coefficient (Wildman–Crippen LogP) is 2.71. The van der Waals surface area contributed by atoms with E-state index in [0.29, 0.717) is 24.5 Å². The van der Waals surface area contributed by atoms with Gasteiger partial charge in [0.25, 0.3) is 0 Å². The van der Waals surface area contributed by atoms with Crippen LogP contribution < -0.4 is 11.5 Å². The Bertz CT molecular complexity index is 916. The number of hydrogen-bond acceptors (Lipinski definition) is 6. The van der Waals surface area contributed by atoms with Crippen LogP contribution in [0.4, 0.5) is 16.2 Å². The summed E-state index contributed by atoms with van der Waals surface area (Å²) in [6.07, 6.45) is -0.726. The molecule has 2 rings (SSSR count). The average Bonchev–Trinajstić information content (AvgIpc) is 2.75. The Balaban J connectivity index is 2.07. The van der Waals surface area contributed by atoms with Crippen LogP contribution in [0.5, 0.6) is 0 Å². The molecule has 0 aliphatic carbocycles. The van der Waals surface area contributed by atoms with Gasteiger partial charge in [0.2, 0.25) is 11.8 Å². The van der Waals surface area contributed by atoms with Crippen molar-refractivity contribution in [2.75, 3.05) is 38.7 Å². The van der Waals surface area contributed by atoms with E-state index in [4.69, 9.17) is 16.2 Å². The van der Waals surface area contributed by atoms with Gasteiger partial charge in [0.15, 0.2) is 0 Å². The van der Waals surface area contributed by atoms with E-state index in [0.717, 1.165) is 16.0 Å². The van der Waals surface area contributed by atoms with Gasteiger partial charge in [-0.05, 0) is 56.2 Å². The zero-order chi connectivity index (χ0) is 25.5. The highest BCUT2D eigenvalue weighted by molar-refractivity contribution is 5.86. The van der Waals surface area contributed by atoms with Gasteiger partial charge in [-0.2, -0.15) is 0 Å². The van der Waals surface area contributed by atoms with Gasteiger partial charge < -0.3 is 26.0 Å². The highest BCUT2D eigenvalue weighted by atomic mass is 16.6. The van der Waals surface area contributed by atoms with E-state index in [1.54, 1.807) is 59.1 Å². The minimum atomic E-state index is -0.771. The van der Waals surface area contributed by atoms with Gasteiger partial charge in [-0.1, -0.05) is 24.3 Å². The second-order valence-corrected chi connectivity index (χ2v) is 9.32. The van der Waals surface area contributed by atoms with Crippen LogP contribution in [-0.2, 0) is 27.4 Å². The topological polar surface area (TPSA) is 122 Å². The van der Waals surface area contributed by atoms with Gasteiger partial charge in [-0.3, -0.25) is 14.5 Å². The Morgan fingerprint density at radius 3 is 1.41 bits per heavy atom. The first-order chi connectivity index (χ1) is 15.8. The normalized spacial score (nSPS) is 11.0. The Morgan fingerprint density at radius 2 is 1.09 bits per heavy atom. The van der Waals surface area contributed by atoms with Crippen LogP contribution in [-0.4, -0.2) is 65.4 Å². The number of carbonyl (C=O) groups excluding carboxylic acids is 3. The number of carbonyl (C=O) groups is 3. The maximum absolute atomic E-state index is 12.9. The van der Waals surface area contributed by atoms with E-state index in [1.165, 1.54) is 9.80 Å². The largest absolute Gasteiger partial charge is 0.444 e. The van der Waals surface area contributed by atoms with E-state index in [9.17, 15) is 14.4 Å². The van der Waals surface area contributed by atoms with Crippen molar-refractivity contribution in [3.05, 3.63) is 59.7 Å². The molecule has 0 aromatic heterocycles. The Hall–Kier alpha value is -3.75. The number of nitrogens with two attached hydrogens (primary N) is 2. The first kappa shape index (κ1) is 26.5. The SMILES string of the molecule is CN(Cc1ccc(N)cc1)C(=O)CN(CC(=O)N(C)Cc1ccc(N)cc1)C(=O)OC(C)(C)C. The van der Waals surface area contributed by atoms with E-state index in [-0.39, 0.29) is 24.9 Å². The van der Waals surface area contributed by atoms with E-state index >= 15 is 0 Å². The minimum Gasteiger partial charge on any atom is -0.444 e. The standard InChI is InChI=1S/C25H35N5O4/c1-25(2,3)34-24(33)30(16-22(31)28(4)14-18-6-10-20(26)11-7-18)17-23(32)29(5)15-19-8-12-21(27)13-9-19/h6-13H,14-17,26-27H2,1-5H3. The quantitative estimate of drug-likeness (QED) is 0.573. The van der Waals surface area contributed by atoms with Crippen LogP contribution in [0.1, 0.15) is 31.9 Å². The molecule has 3 amide bonds. The van der Waals surface area contributed by atoms with Crippen molar-refractivity contribution in [3.8, 4) is 0 Å². The number of ether oxygens (including phenoxy) is 1. The molecule has 9 nitrogen and oxygen atoms in total. The molecule has 0 bridgehead atoms. The molecule has 9 heteroatoms. The molecule has 0 saturated carbocycles. The summed E-state index contributed by atoms with van der Waals surface area (Å²) >= 11 is 0. The van der Waals surface area contributed by atoms with Crippen LogP contribution in [0.2, 0.25) is 0 Å². The second-order valence-electron chi connectivity index (χ2n) is 9.32. The van der Waals surface area contributed by atoms with Crippen LogP contribution in [0.25, 0.3) is 0 Å². The maximum Gasteiger partial charge on any atom is 0.411 e. The van der Waals surface area contributed by atoms with Crippen molar-refractivity contribution >= 4 is 29.3 Å². The van der Waals surface area contributed by atoms with Crippen molar-refractivity contribution in [2.24, 2.45) is 0 Å². The number of hydrogen-bond donors (Lipinski definition) is 2. The first-order valence-corrected chi connectivity index (χ1v) is 11.0. The zero-order valence-electron chi connectivity index (χ0n) is 20.6. The van der Waals surface area contributed by atoms with Crippen molar-refractivity contribution < 1.29 is 19.1 Å². The lowest BCUT2D eigenvalue weighted by Crippen LogP contribution is -2.47. The monoisotopic (exact) mass is 469 g/mol. The van der Waals surface area contributed by atoms with Crippen molar-refractivity contribution in [3.63, 3.8) is 0 Å². The molecule has 34 heavy (non-hydrogen) atoms. The number of likely N-dealkylation sites (N-methyl/N-ethyl adjacent to an activating group) is 2. The maximum atomic E-state index is 12.9. The Morgan fingerprint density at radius 1 is 0.735 bits per heavy atom. The van der Waals surface area contributed by atoms with Crippen LogP contribution in [0.15, 0.2) is 48.5 Å². The third-order valence-electron chi connectivity index (χ3n) is 4.95. The molecule has 0 aliphatic heterocycles. The summed E-state index contributed by atoms with van der Waals surface area (Å²) in [4.78, 5) is 42.7.